The minimum Gasteiger partial charge on any atom is -0.337 e. The number of pyridine rings is 1. The smallest absolute Gasteiger partial charge is 0.265 e. The zero-order chi connectivity index (χ0) is 21.1. The Morgan fingerprint density at radius 3 is 2.77 bits per heavy atom. The van der Waals surface area contributed by atoms with Crippen molar-refractivity contribution in [1.29, 1.82) is 0 Å². The number of thiazole rings is 1. The van der Waals surface area contributed by atoms with Crippen molar-refractivity contribution in [3.8, 4) is 10.6 Å². The Hall–Kier alpha value is -2.77. The highest BCUT2D eigenvalue weighted by atomic mass is 35.5. The average molecular weight is 441 g/mol. The normalized spacial score (nSPS) is 16.3. The highest BCUT2D eigenvalue weighted by Crippen LogP contribution is 2.29. The van der Waals surface area contributed by atoms with Gasteiger partial charge in [0.15, 0.2) is 0 Å². The Labute approximate surface area is 183 Å². The monoisotopic (exact) mass is 440 g/mol. The van der Waals surface area contributed by atoms with Crippen LogP contribution in [0.3, 0.4) is 0 Å². The lowest BCUT2D eigenvalue weighted by atomic mass is 9.96. The van der Waals surface area contributed by atoms with Crippen molar-refractivity contribution in [2.45, 2.75) is 19.8 Å². The minimum absolute atomic E-state index is 0.0656. The number of carbonyl (C=O) groups is 2. The van der Waals surface area contributed by atoms with Crippen molar-refractivity contribution < 1.29 is 9.59 Å². The molecule has 1 aliphatic heterocycles. The van der Waals surface area contributed by atoms with Gasteiger partial charge in [-0.2, -0.15) is 0 Å². The summed E-state index contributed by atoms with van der Waals surface area (Å²) in [5.41, 5.74) is 2.30. The Balaban J connectivity index is 1.45. The standard InChI is InChI=1S/C22H21ClN4O2S/c1-14-19(30-21(25-14)15-4-2-10-24-12-15)22(29)27-11-3-5-16(13-27)20(28)26-18-8-6-17(23)7-9-18/h2,4,6-10,12,16H,3,5,11,13H2,1H3,(H,26,28). The molecular formula is C22H21ClN4O2S. The summed E-state index contributed by atoms with van der Waals surface area (Å²) in [5.74, 6) is -0.388. The summed E-state index contributed by atoms with van der Waals surface area (Å²) in [6.45, 7) is 2.89. The number of piperidine rings is 1. The molecule has 0 saturated carbocycles. The van der Waals surface area contributed by atoms with Gasteiger partial charge in [-0.25, -0.2) is 4.98 Å². The predicted molar refractivity (Wildman–Crippen MR) is 119 cm³/mol. The number of rotatable bonds is 4. The molecule has 4 rings (SSSR count). The molecular weight excluding hydrogens is 420 g/mol. The largest absolute Gasteiger partial charge is 0.337 e. The van der Waals surface area contributed by atoms with Gasteiger partial charge in [-0.3, -0.25) is 14.6 Å². The van der Waals surface area contributed by atoms with Gasteiger partial charge < -0.3 is 10.2 Å². The Kier molecular flexibility index (Phi) is 6.11. The highest BCUT2D eigenvalue weighted by molar-refractivity contribution is 7.17. The fraction of sp³-hybridized carbons (Fsp3) is 0.273. The van der Waals surface area contributed by atoms with Crippen LogP contribution in [-0.2, 0) is 4.79 Å². The molecule has 8 heteroatoms. The number of nitrogens with zero attached hydrogens (tertiary/aromatic N) is 3. The number of hydrogen-bond donors (Lipinski definition) is 1. The van der Waals surface area contributed by atoms with Crippen molar-refractivity contribution in [2.75, 3.05) is 18.4 Å². The van der Waals surface area contributed by atoms with Crippen molar-refractivity contribution in [3.63, 3.8) is 0 Å². The molecule has 1 aromatic carbocycles. The number of amides is 2. The Bertz CT molecular complexity index is 1050. The van der Waals surface area contributed by atoms with Gasteiger partial charge in [-0.1, -0.05) is 11.6 Å². The van der Waals surface area contributed by atoms with Gasteiger partial charge >= 0.3 is 0 Å². The van der Waals surface area contributed by atoms with E-state index in [4.69, 9.17) is 11.6 Å². The average Bonchev–Trinajstić information content (AvgIpc) is 3.17. The number of aryl methyl sites for hydroxylation is 1. The SMILES string of the molecule is Cc1nc(-c2cccnc2)sc1C(=O)N1CCCC(C(=O)Nc2ccc(Cl)cc2)C1. The van der Waals surface area contributed by atoms with Gasteiger partial charge in [-0.15, -0.1) is 11.3 Å². The summed E-state index contributed by atoms with van der Waals surface area (Å²) >= 11 is 7.27. The van der Waals surface area contributed by atoms with Crippen molar-refractivity contribution in [1.82, 2.24) is 14.9 Å². The molecule has 1 fully saturated rings. The molecule has 30 heavy (non-hydrogen) atoms. The van der Waals surface area contributed by atoms with E-state index >= 15 is 0 Å². The third-order valence-electron chi connectivity index (χ3n) is 5.09. The van der Waals surface area contributed by atoms with Gasteiger partial charge in [0.2, 0.25) is 5.91 Å². The van der Waals surface area contributed by atoms with Crippen LogP contribution in [0.15, 0.2) is 48.8 Å². The Morgan fingerprint density at radius 2 is 2.03 bits per heavy atom. The molecule has 0 bridgehead atoms. The molecule has 1 aliphatic rings. The van der Waals surface area contributed by atoms with E-state index < -0.39 is 0 Å². The van der Waals surface area contributed by atoms with Crippen LogP contribution in [0.4, 0.5) is 5.69 Å². The molecule has 3 aromatic rings. The maximum Gasteiger partial charge on any atom is 0.265 e. The molecule has 154 valence electrons. The van der Waals surface area contributed by atoms with Crippen molar-refractivity contribution in [3.05, 3.63) is 64.4 Å². The van der Waals surface area contributed by atoms with Crippen molar-refractivity contribution in [2.24, 2.45) is 5.92 Å². The molecule has 1 unspecified atom stereocenters. The number of likely N-dealkylation sites (tertiary alicyclic amines) is 1. The first kappa shape index (κ1) is 20.5. The number of anilines is 1. The number of hydrogen-bond acceptors (Lipinski definition) is 5. The molecule has 0 aliphatic carbocycles. The van der Waals surface area contributed by atoms with Crippen LogP contribution in [-0.4, -0.2) is 39.8 Å². The van der Waals surface area contributed by atoms with Crippen LogP contribution < -0.4 is 5.32 Å². The van der Waals surface area contributed by atoms with E-state index in [1.807, 2.05) is 19.1 Å². The maximum atomic E-state index is 13.2. The highest BCUT2D eigenvalue weighted by Gasteiger charge is 2.30. The topological polar surface area (TPSA) is 75.2 Å². The van der Waals surface area contributed by atoms with E-state index in [0.717, 1.165) is 23.4 Å². The lowest BCUT2D eigenvalue weighted by Crippen LogP contribution is -2.43. The molecule has 1 saturated heterocycles. The second kappa shape index (κ2) is 8.93. The van der Waals surface area contributed by atoms with E-state index in [2.05, 4.69) is 15.3 Å². The Morgan fingerprint density at radius 1 is 1.23 bits per heavy atom. The van der Waals surface area contributed by atoms with Crippen LogP contribution in [0.25, 0.3) is 10.6 Å². The summed E-state index contributed by atoms with van der Waals surface area (Å²) < 4.78 is 0. The van der Waals surface area contributed by atoms with E-state index in [1.165, 1.54) is 11.3 Å². The molecule has 0 radical (unpaired) electrons. The third kappa shape index (κ3) is 4.52. The minimum atomic E-state index is -0.246. The van der Waals surface area contributed by atoms with Gasteiger partial charge in [0.25, 0.3) is 5.91 Å². The summed E-state index contributed by atoms with van der Waals surface area (Å²) in [7, 11) is 0. The molecule has 2 amide bonds. The summed E-state index contributed by atoms with van der Waals surface area (Å²) in [6, 6.07) is 10.8. The predicted octanol–water partition coefficient (Wildman–Crippen LogP) is 4.66. The number of aromatic nitrogens is 2. The summed E-state index contributed by atoms with van der Waals surface area (Å²) in [5, 5.41) is 4.32. The lowest BCUT2D eigenvalue weighted by molar-refractivity contribution is -0.121. The van der Waals surface area contributed by atoms with Gasteiger partial charge in [0, 0.05) is 41.8 Å². The fourth-order valence-corrected chi connectivity index (χ4v) is 4.65. The molecule has 0 spiro atoms. The maximum absolute atomic E-state index is 13.2. The fourth-order valence-electron chi connectivity index (χ4n) is 3.50. The van der Waals surface area contributed by atoms with Gasteiger partial charge in [0.1, 0.15) is 9.88 Å². The zero-order valence-corrected chi connectivity index (χ0v) is 18.0. The van der Waals surface area contributed by atoms with Crippen LogP contribution in [0, 0.1) is 12.8 Å². The zero-order valence-electron chi connectivity index (χ0n) is 16.5. The number of halogens is 1. The van der Waals surface area contributed by atoms with Gasteiger partial charge in [-0.05, 0) is 56.2 Å². The van der Waals surface area contributed by atoms with Crippen molar-refractivity contribution >= 4 is 40.4 Å². The quantitative estimate of drug-likeness (QED) is 0.640. The molecule has 1 atom stereocenters. The first-order valence-electron chi connectivity index (χ1n) is 9.75. The number of carbonyl (C=O) groups excluding carboxylic acids is 2. The summed E-state index contributed by atoms with van der Waals surface area (Å²) in [4.78, 5) is 36.9. The first-order chi connectivity index (χ1) is 14.5. The van der Waals surface area contributed by atoms with E-state index in [-0.39, 0.29) is 17.7 Å². The van der Waals surface area contributed by atoms with E-state index in [1.54, 1.807) is 41.6 Å². The van der Waals surface area contributed by atoms with Crippen LogP contribution in [0.5, 0.6) is 0 Å². The summed E-state index contributed by atoms with van der Waals surface area (Å²) in [6.07, 6.45) is 4.99. The van der Waals surface area contributed by atoms with E-state index in [0.29, 0.717) is 34.4 Å². The number of nitrogens with one attached hydrogen (secondary N) is 1. The van der Waals surface area contributed by atoms with Crippen LogP contribution in [0.1, 0.15) is 28.2 Å². The molecule has 6 nitrogen and oxygen atoms in total. The molecule has 3 heterocycles. The van der Waals surface area contributed by atoms with E-state index in [9.17, 15) is 9.59 Å². The van der Waals surface area contributed by atoms with Crippen LogP contribution in [0.2, 0.25) is 5.02 Å². The molecule has 1 N–H and O–H groups in total. The molecule has 2 aromatic heterocycles. The van der Waals surface area contributed by atoms with Crippen LogP contribution >= 0.6 is 22.9 Å². The van der Waals surface area contributed by atoms with Gasteiger partial charge in [0.05, 0.1) is 11.6 Å². The lowest BCUT2D eigenvalue weighted by Gasteiger charge is -2.31. The second-order valence-electron chi connectivity index (χ2n) is 7.26. The second-order valence-corrected chi connectivity index (χ2v) is 8.70. The first-order valence-corrected chi connectivity index (χ1v) is 10.9. The number of benzene rings is 1. The third-order valence-corrected chi connectivity index (χ3v) is 6.54.